The normalized spacial score (nSPS) is 20.4. The van der Waals surface area contributed by atoms with Gasteiger partial charge in [-0.05, 0) is 29.7 Å². The Bertz CT molecular complexity index is 799. The third-order valence-electron chi connectivity index (χ3n) is 4.03. The lowest BCUT2D eigenvalue weighted by atomic mass is 10.1. The molecule has 1 aliphatic rings. The van der Waals surface area contributed by atoms with E-state index in [0.29, 0.717) is 0 Å². The van der Waals surface area contributed by atoms with Gasteiger partial charge in [-0.25, -0.2) is 4.98 Å². The molecule has 1 aliphatic carbocycles. The summed E-state index contributed by atoms with van der Waals surface area (Å²) in [5.41, 5.74) is 10.7. The molecule has 104 valence electrons. The van der Waals surface area contributed by atoms with Crippen LogP contribution in [-0.2, 0) is 6.42 Å². The molecule has 21 heavy (non-hydrogen) atoms. The standard InChI is InChI=1S/C17H16N4/c18-13-9-11-5-1-2-6-12(11)17(13)21-16-10-19-14-7-3-4-8-15(14)20-16/h1-8,10,13,17H,9,18H2,(H,20,21). The number of anilines is 1. The number of para-hydroxylation sites is 2. The summed E-state index contributed by atoms with van der Waals surface area (Å²) in [6, 6.07) is 16.4. The highest BCUT2D eigenvalue weighted by Gasteiger charge is 2.29. The van der Waals surface area contributed by atoms with E-state index in [-0.39, 0.29) is 12.1 Å². The van der Waals surface area contributed by atoms with Crippen LogP contribution in [-0.4, -0.2) is 16.0 Å². The van der Waals surface area contributed by atoms with Crippen LogP contribution in [0.4, 0.5) is 5.82 Å². The fraction of sp³-hybridized carbons (Fsp3) is 0.176. The van der Waals surface area contributed by atoms with E-state index in [2.05, 4.69) is 39.6 Å². The topological polar surface area (TPSA) is 63.8 Å². The van der Waals surface area contributed by atoms with E-state index >= 15 is 0 Å². The summed E-state index contributed by atoms with van der Waals surface area (Å²) in [5.74, 6) is 0.769. The summed E-state index contributed by atoms with van der Waals surface area (Å²) in [5, 5.41) is 3.44. The molecule has 0 spiro atoms. The van der Waals surface area contributed by atoms with Gasteiger partial charge in [0, 0.05) is 6.04 Å². The summed E-state index contributed by atoms with van der Waals surface area (Å²) in [6.45, 7) is 0. The zero-order valence-electron chi connectivity index (χ0n) is 11.5. The summed E-state index contributed by atoms with van der Waals surface area (Å²) >= 11 is 0. The molecular formula is C17H16N4. The Balaban J connectivity index is 1.68. The first-order chi connectivity index (χ1) is 10.3. The van der Waals surface area contributed by atoms with Crippen molar-refractivity contribution in [2.45, 2.75) is 18.5 Å². The summed E-state index contributed by atoms with van der Waals surface area (Å²) in [4.78, 5) is 9.06. The lowest BCUT2D eigenvalue weighted by molar-refractivity contribution is 0.624. The molecule has 0 saturated heterocycles. The van der Waals surface area contributed by atoms with Crippen molar-refractivity contribution in [2.75, 3.05) is 5.32 Å². The number of aromatic nitrogens is 2. The minimum Gasteiger partial charge on any atom is -0.360 e. The van der Waals surface area contributed by atoms with Gasteiger partial charge in [-0.2, -0.15) is 0 Å². The van der Waals surface area contributed by atoms with Gasteiger partial charge in [-0.15, -0.1) is 0 Å². The molecule has 4 heteroatoms. The number of benzene rings is 2. The number of rotatable bonds is 2. The van der Waals surface area contributed by atoms with Crippen LogP contribution < -0.4 is 11.1 Å². The van der Waals surface area contributed by atoms with Crippen molar-refractivity contribution in [3.8, 4) is 0 Å². The van der Waals surface area contributed by atoms with Gasteiger partial charge in [0.05, 0.1) is 23.3 Å². The van der Waals surface area contributed by atoms with Gasteiger partial charge in [0.2, 0.25) is 0 Å². The quantitative estimate of drug-likeness (QED) is 0.755. The fourth-order valence-electron chi connectivity index (χ4n) is 3.00. The molecule has 1 heterocycles. The SMILES string of the molecule is NC1Cc2ccccc2C1Nc1cnc2ccccc2n1. The number of nitrogens with one attached hydrogen (secondary N) is 1. The Kier molecular flexibility index (Phi) is 2.82. The minimum absolute atomic E-state index is 0.0654. The molecule has 3 N–H and O–H groups in total. The zero-order valence-corrected chi connectivity index (χ0v) is 11.5. The molecule has 0 amide bonds. The van der Waals surface area contributed by atoms with Gasteiger partial charge in [0.25, 0.3) is 0 Å². The van der Waals surface area contributed by atoms with E-state index in [1.54, 1.807) is 6.20 Å². The van der Waals surface area contributed by atoms with Gasteiger partial charge >= 0.3 is 0 Å². The Morgan fingerprint density at radius 3 is 2.67 bits per heavy atom. The summed E-state index contributed by atoms with van der Waals surface area (Å²) in [6.07, 6.45) is 2.67. The smallest absolute Gasteiger partial charge is 0.145 e. The highest BCUT2D eigenvalue weighted by Crippen LogP contribution is 2.32. The monoisotopic (exact) mass is 276 g/mol. The molecule has 2 atom stereocenters. The van der Waals surface area contributed by atoms with Crippen LogP contribution >= 0.6 is 0 Å². The molecule has 2 unspecified atom stereocenters. The van der Waals surface area contributed by atoms with Crippen molar-refractivity contribution >= 4 is 16.9 Å². The molecule has 0 fully saturated rings. The first-order valence-corrected chi connectivity index (χ1v) is 7.13. The Morgan fingerprint density at radius 1 is 1.00 bits per heavy atom. The van der Waals surface area contributed by atoms with Crippen molar-refractivity contribution in [3.05, 3.63) is 65.9 Å². The molecule has 1 aromatic heterocycles. The Hall–Kier alpha value is -2.46. The van der Waals surface area contributed by atoms with Crippen LogP contribution in [0.15, 0.2) is 54.7 Å². The lowest BCUT2D eigenvalue weighted by Gasteiger charge is -2.19. The maximum absolute atomic E-state index is 6.28. The first-order valence-electron chi connectivity index (χ1n) is 7.13. The van der Waals surface area contributed by atoms with E-state index in [1.807, 2.05) is 24.3 Å². The average molecular weight is 276 g/mol. The number of nitrogens with zero attached hydrogens (tertiary/aromatic N) is 2. The molecule has 4 rings (SSSR count). The van der Waals surface area contributed by atoms with Crippen molar-refractivity contribution in [2.24, 2.45) is 5.73 Å². The Morgan fingerprint density at radius 2 is 1.76 bits per heavy atom. The minimum atomic E-state index is 0.0654. The first kappa shape index (κ1) is 12.3. The van der Waals surface area contributed by atoms with E-state index in [4.69, 9.17) is 5.73 Å². The van der Waals surface area contributed by atoms with Crippen LogP contribution in [0.1, 0.15) is 17.2 Å². The van der Waals surface area contributed by atoms with Crippen LogP contribution in [0, 0.1) is 0 Å². The summed E-state index contributed by atoms with van der Waals surface area (Å²) < 4.78 is 0. The van der Waals surface area contributed by atoms with Crippen molar-refractivity contribution in [1.29, 1.82) is 0 Å². The molecule has 0 saturated carbocycles. The van der Waals surface area contributed by atoms with Crippen LogP contribution in [0.25, 0.3) is 11.0 Å². The van der Waals surface area contributed by atoms with E-state index in [0.717, 1.165) is 23.3 Å². The van der Waals surface area contributed by atoms with E-state index < -0.39 is 0 Å². The number of hydrogen-bond donors (Lipinski definition) is 2. The van der Waals surface area contributed by atoms with Crippen LogP contribution in [0.5, 0.6) is 0 Å². The molecule has 4 nitrogen and oxygen atoms in total. The molecule has 0 radical (unpaired) electrons. The number of fused-ring (bicyclic) bond motifs is 2. The molecule has 0 aliphatic heterocycles. The highest BCUT2D eigenvalue weighted by atomic mass is 15.1. The van der Waals surface area contributed by atoms with E-state index in [1.165, 1.54) is 11.1 Å². The maximum atomic E-state index is 6.28. The molecule has 2 aromatic carbocycles. The van der Waals surface area contributed by atoms with Crippen LogP contribution in [0.2, 0.25) is 0 Å². The number of nitrogens with two attached hydrogens (primary N) is 1. The molecule has 0 bridgehead atoms. The fourth-order valence-corrected chi connectivity index (χ4v) is 3.00. The molecular weight excluding hydrogens is 260 g/mol. The largest absolute Gasteiger partial charge is 0.360 e. The second kappa shape index (κ2) is 4.82. The van der Waals surface area contributed by atoms with Gasteiger partial charge in [0.15, 0.2) is 0 Å². The third kappa shape index (κ3) is 2.14. The average Bonchev–Trinajstić information content (AvgIpc) is 2.83. The van der Waals surface area contributed by atoms with Crippen molar-refractivity contribution in [1.82, 2.24) is 9.97 Å². The van der Waals surface area contributed by atoms with Crippen molar-refractivity contribution in [3.63, 3.8) is 0 Å². The van der Waals surface area contributed by atoms with Crippen molar-refractivity contribution < 1.29 is 0 Å². The van der Waals surface area contributed by atoms with Gasteiger partial charge in [0.1, 0.15) is 5.82 Å². The third-order valence-corrected chi connectivity index (χ3v) is 4.03. The second-order valence-corrected chi connectivity index (χ2v) is 5.43. The maximum Gasteiger partial charge on any atom is 0.145 e. The predicted octanol–water partition coefficient (Wildman–Crippen LogP) is 2.67. The predicted molar refractivity (Wildman–Crippen MR) is 84.0 cm³/mol. The van der Waals surface area contributed by atoms with Gasteiger partial charge < -0.3 is 11.1 Å². The second-order valence-electron chi connectivity index (χ2n) is 5.43. The van der Waals surface area contributed by atoms with Gasteiger partial charge in [-0.3, -0.25) is 4.98 Å². The summed E-state index contributed by atoms with van der Waals surface area (Å²) in [7, 11) is 0. The van der Waals surface area contributed by atoms with E-state index in [9.17, 15) is 0 Å². The zero-order chi connectivity index (χ0) is 14.2. The number of hydrogen-bond acceptors (Lipinski definition) is 4. The Labute approximate surface area is 123 Å². The molecule has 3 aromatic rings. The van der Waals surface area contributed by atoms with Crippen LogP contribution in [0.3, 0.4) is 0 Å². The van der Waals surface area contributed by atoms with Gasteiger partial charge in [-0.1, -0.05) is 36.4 Å². The highest BCUT2D eigenvalue weighted by molar-refractivity contribution is 5.75. The lowest BCUT2D eigenvalue weighted by Crippen LogP contribution is -2.30.